The number of carbonyl (C=O) groups is 1. The highest BCUT2D eigenvalue weighted by atomic mass is 32.2. The molecular formula is C24H33N2O3S2+. The Morgan fingerprint density at radius 2 is 1.94 bits per heavy atom. The maximum Gasteiger partial charge on any atom is 0.257 e. The second kappa shape index (κ2) is 9.14. The number of ether oxygens (including phenoxy) is 1. The number of thiophene rings is 1. The fraction of sp³-hybridized carbons (Fsp3) is 0.542. The van der Waals surface area contributed by atoms with E-state index >= 15 is 0 Å². The first kappa shape index (κ1) is 22.6. The Hall–Kier alpha value is -1.54. The minimum Gasteiger partial charge on any atom is -0.593 e. The zero-order valence-electron chi connectivity index (χ0n) is 18.8. The Kier molecular flexibility index (Phi) is 6.68. The van der Waals surface area contributed by atoms with Gasteiger partial charge in [0, 0.05) is 42.4 Å². The van der Waals surface area contributed by atoms with E-state index in [-0.39, 0.29) is 22.1 Å². The molecule has 2 unspecified atom stereocenters. The average molecular weight is 462 g/mol. The van der Waals surface area contributed by atoms with Gasteiger partial charge in [-0.05, 0) is 41.7 Å². The van der Waals surface area contributed by atoms with Gasteiger partial charge in [-0.2, -0.15) is 0 Å². The lowest BCUT2D eigenvalue weighted by Gasteiger charge is -2.34. The summed E-state index contributed by atoms with van der Waals surface area (Å²) in [4.78, 5) is 19.6. The highest BCUT2D eigenvalue weighted by Gasteiger charge is 2.41. The van der Waals surface area contributed by atoms with E-state index in [2.05, 4.69) is 43.9 Å². The van der Waals surface area contributed by atoms with E-state index in [1.807, 2.05) is 24.1 Å². The molecule has 5 nitrogen and oxygen atoms in total. The molecule has 31 heavy (non-hydrogen) atoms. The molecule has 1 amide bonds. The number of morpholine rings is 1. The maximum atomic E-state index is 12.9. The average Bonchev–Trinajstić information content (AvgIpc) is 3.35. The van der Waals surface area contributed by atoms with Crippen molar-refractivity contribution in [1.29, 1.82) is 0 Å². The van der Waals surface area contributed by atoms with E-state index < -0.39 is 0 Å². The number of nitrogens with zero attached hydrogens (tertiary/aromatic N) is 2. The Morgan fingerprint density at radius 3 is 2.65 bits per heavy atom. The first-order chi connectivity index (χ1) is 14.8. The molecule has 7 heteroatoms. The number of carbonyl (C=O) groups excluding carboxylic acids is 1. The molecule has 1 aromatic heterocycles. The molecule has 168 valence electrons. The summed E-state index contributed by atoms with van der Waals surface area (Å²) < 4.78 is 5.47. The summed E-state index contributed by atoms with van der Waals surface area (Å²) in [7, 11) is 1.93. The van der Waals surface area contributed by atoms with Crippen molar-refractivity contribution in [2.45, 2.75) is 49.8 Å². The van der Waals surface area contributed by atoms with E-state index in [0.717, 1.165) is 50.3 Å². The van der Waals surface area contributed by atoms with Crippen LogP contribution in [0.4, 0.5) is 0 Å². The first-order valence-electron chi connectivity index (χ1n) is 11.0. The molecule has 2 saturated heterocycles. The molecule has 2 atom stereocenters. The van der Waals surface area contributed by atoms with Crippen LogP contribution in [0, 0.1) is 0 Å². The number of thioether (sulfide) groups is 1. The number of benzene rings is 1. The summed E-state index contributed by atoms with van der Waals surface area (Å²) in [6, 6.07) is 10.5. The van der Waals surface area contributed by atoms with Crippen LogP contribution in [0.15, 0.2) is 30.3 Å². The third-order valence-electron chi connectivity index (χ3n) is 6.56. The highest BCUT2D eigenvalue weighted by Crippen LogP contribution is 2.40. The van der Waals surface area contributed by atoms with Crippen molar-refractivity contribution >= 4 is 29.0 Å². The van der Waals surface area contributed by atoms with Crippen LogP contribution in [0.3, 0.4) is 0 Å². The second-order valence-electron chi connectivity index (χ2n) is 9.02. The number of amides is 1. The van der Waals surface area contributed by atoms with E-state index in [0.29, 0.717) is 5.75 Å². The summed E-state index contributed by atoms with van der Waals surface area (Å²) in [5, 5.41) is 8.30. The normalized spacial score (nSPS) is 23.0. The molecule has 0 saturated carbocycles. The minimum atomic E-state index is -0.0328. The van der Waals surface area contributed by atoms with E-state index in [1.54, 1.807) is 23.1 Å². The summed E-state index contributed by atoms with van der Waals surface area (Å²) >= 11 is 3.54. The van der Waals surface area contributed by atoms with Crippen LogP contribution in [0.25, 0.3) is 10.4 Å². The van der Waals surface area contributed by atoms with Gasteiger partial charge in [0.2, 0.25) is 5.91 Å². The van der Waals surface area contributed by atoms with Gasteiger partial charge >= 0.3 is 0 Å². The molecule has 0 radical (unpaired) electrons. The van der Waals surface area contributed by atoms with Crippen molar-refractivity contribution in [3.63, 3.8) is 0 Å². The zero-order valence-corrected chi connectivity index (χ0v) is 20.4. The molecule has 4 rings (SSSR count). The molecule has 0 aliphatic carbocycles. The second-order valence-corrected chi connectivity index (χ2v) is 11.4. The van der Waals surface area contributed by atoms with Crippen LogP contribution in [0.2, 0.25) is 0 Å². The Bertz CT molecular complexity index is 937. The van der Waals surface area contributed by atoms with E-state index in [1.165, 1.54) is 9.75 Å². The third-order valence-corrected chi connectivity index (χ3v) is 9.28. The van der Waals surface area contributed by atoms with Crippen molar-refractivity contribution in [2.24, 2.45) is 0 Å². The Balaban J connectivity index is 1.48. The van der Waals surface area contributed by atoms with Crippen molar-refractivity contribution < 1.29 is 14.6 Å². The Morgan fingerprint density at radius 1 is 1.19 bits per heavy atom. The van der Waals surface area contributed by atoms with Crippen molar-refractivity contribution in [2.75, 3.05) is 33.4 Å². The van der Waals surface area contributed by atoms with Gasteiger partial charge < -0.3 is 14.7 Å². The van der Waals surface area contributed by atoms with Crippen LogP contribution in [0.1, 0.15) is 37.6 Å². The molecule has 3 heterocycles. The quantitative estimate of drug-likeness (QED) is 0.603. The van der Waals surface area contributed by atoms with Gasteiger partial charge in [0.25, 0.3) is 5.75 Å². The Labute approximate surface area is 193 Å². The molecule has 2 aromatic rings. The van der Waals surface area contributed by atoms with Gasteiger partial charge in [-0.15, -0.1) is 23.1 Å². The molecule has 0 spiro atoms. The summed E-state index contributed by atoms with van der Waals surface area (Å²) in [6.07, 6.45) is 1.76. The molecular weight excluding hydrogens is 428 g/mol. The highest BCUT2D eigenvalue weighted by molar-refractivity contribution is 8.01. The first-order valence-corrected chi connectivity index (χ1v) is 12.7. The molecule has 1 aromatic carbocycles. The van der Waals surface area contributed by atoms with Crippen LogP contribution in [-0.2, 0) is 21.4 Å². The van der Waals surface area contributed by atoms with Crippen LogP contribution >= 0.6 is 23.1 Å². The van der Waals surface area contributed by atoms with E-state index in [4.69, 9.17) is 9.84 Å². The van der Waals surface area contributed by atoms with Gasteiger partial charge in [-0.25, -0.2) is 0 Å². The molecule has 2 aliphatic rings. The van der Waals surface area contributed by atoms with Crippen molar-refractivity contribution in [3.8, 4) is 16.2 Å². The molecule has 2 aliphatic heterocycles. The lowest BCUT2D eigenvalue weighted by atomic mass is 9.81. The van der Waals surface area contributed by atoms with E-state index in [9.17, 15) is 4.79 Å². The predicted molar refractivity (Wildman–Crippen MR) is 130 cm³/mol. The lowest BCUT2D eigenvalue weighted by Crippen LogP contribution is -2.48. The van der Waals surface area contributed by atoms with Gasteiger partial charge in [0.15, 0.2) is 0 Å². The van der Waals surface area contributed by atoms with Crippen LogP contribution < -0.4 is 0 Å². The van der Waals surface area contributed by atoms with Gasteiger partial charge in [-0.3, -0.25) is 9.69 Å². The summed E-state index contributed by atoms with van der Waals surface area (Å²) in [5.41, 5.74) is 2.36. The number of hydrogen-bond donors (Lipinski definition) is 0. The van der Waals surface area contributed by atoms with Gasteiger partial charge in [0.1, 0.15) is 5.50 Å². The van der Waals surface area contributed by atoms with Gasteiger partial charge in [0.05, 0.1) is 24.0 Å². The van der Waals surface area contributed by atoms with Crippen LogP contribution in [-0.4, -0.2) is 64.9 Å². The standard InChI is InChI=1S/C24H32N2O3S2/c1-5-24(2,3)18-14-16(6-8-19(18)27)20-9-7-17(30-20)15-21-22(28)25(4)23(31-21)26-10-12-29-13-11-26/h6-9,14,21,23,27H,5,10-13,15H2,1-4H3/p+1. The molecule has 2 fully saturated rings. The fourth-order valence-electron chi connectivity index (χ4n) is 4.17. The fourth-order valence-corrected chi connectivity index (χ4v) is 6.85. The SMILES string of the molecule is CCC(C)(C)c1cc(-c2ccc(CC3SC(N4CCOCC4)N(C)C3=O)s2)ccc1[OH2+]. The topological polar surface area (TPSA) is 55.7 Å². The van der Waals surface area contributed by atoms with Gasteiger partial charge in [-0.1, -0.05) is 20.8 Å². The number of hydrogen-bond acceptors (Lipinski definition) is 5. The smallest absolute Gasteiger partial charge is 0.257 e. The molecule has 2 N–H and O–H groups in total. The van der Waals surface area contributed by atoms with Crippen molar-refractivity contribution in [1.82, 2.24) is 9.80 Å². The summed E-state index contributed by atoms with van der Waals surface area (Å²) in [5.74, 6) is 0.833. The maximum absolute atomic E-state index is 12.9. The largest absolute Gasteiger partial charge is 0.593 e. The predicted octanol–water partition coefficient (Wildman–Crippen LogP) is 4.27. The molecule has 0 bridgehead atoms. The number of rotatable bonds is 6. The zero-order chi connectivity index (χ0) is 22.2. The monoisotopic (exact) mass is 461 g/mol. The minimum absolute atomic E-state index is 0.0147. The third kappa shape index (κ3) is 4.65. The van der Waals surface area contributed by atoms with Crippen LogP contribution in [0.5, 0.6) is 5.75 Å². The summed E-state index contributed by atoms with van der Waals surface area (Å²) in [6.45, 7) is 9.83. The lowest BCUT2D eigenvalue weighted by molar-refractivity contribution is -0.131. The van der Waals surface area contributed by atoms with Crippen molar-refractivity contribution in [3.05, 3.63) is 40.8 Å².